The molecule has 0 radical (unpaired) electrons. The fourth-order valence-corrected chi connectivity index (χ4v) is 3.81. The van der Waals surface area contributed by atoms with E-state index in [0.29, 0.717) is 10.7 Å². The van der Waals surface area contributed by atoms with Crippen molar-refractivity contribution >= 4 is 61.2 Å². The van der Waals surface area contributed by atoms with Crippen LogP contribution in [-0.4, -0.2) is 7.11 Å². The van der Waals surface area contributed by atoms with Crippen LogP contribution in [0.2, 0.25) is 5.02 Å². The van der Waals surface area contributed by atoms with Crippen LogP contribution in [0.4, 0.5) is 5.69 Å². The first-order chi connectivity index (χ1) is 14.7. The second-order valence-corrected chi connectivity index (χ2v) is 9.51. The molecule has 0 spiro atoms. The van der Waals surface area contributed by atoms with E-state index in [1.54, 1.807) is 12.1 Å². The summed E-state index contributed by atoms with van der Waals surface area (Å²) >= 11 is 13.6. The molecule has 0 N–H and O–H groups in total. The molecule has 0 unspecified atom stereocenters. The normalized spacial score (nSPS) is 9.65. The van der Waals surface area contributed by atoms with Gasteiger partial charge in [-0.3, -0.25) is 0 Å². The van der Waals surface area contributed by atoms with Crippen molar-refractivity contribution < 1.29 is 9.22 Å². The highest BCUT2D eigenvalue weighted by Gasteiger charge is 2.00. The lowest BCUT2D eigenvalue weighted by molar-refractivity contribution is -0.160. The van der Waals surface area contributed by atoms with Crippen LogP contribution in [0.5, 0.6) is 0 Å². The first-order valence-electron chi connectivity index (χ1n) is 9.17. The molecule has 3 aromatic rings. The number of hydrogen-bond donors (Lipinski definition) is 0. The van der Waals surface area contributed by atoms with Crippen molar-refractivity contribution in [1.29, 1.82) is 0 Å². The minimum atomic E-state index is 0.622. The molecule has 0 aromatic heterocycles. The lowest BCUT2D eigenvalue weighted by atomic mass is 10.1. The maximum atomic E-state index is 6.75. The fraction of sp³-hybridized carbons (Fsp3) is 0.208. The average molecular weight is 586 g/mol. The summed E-state index contributed by atoms with van der Waals surface area (Å²) in [5.41, 5.74) is 5.45. The van der Waals surface area contributed by atoms with E-state index in [1.165, 1.54) is 35.8 Å². The third-order valence-electron chi connectivity index (χ3n) is 4.10. The number of halogens is 3. The van der Waals surface area contributed by atoms with Gasteiger partial charge in [-0.1, -0.05) is 61.7 Å². The number of nitrogens with zero attached hydrogens (tertiary/aromatic N) is 1. The smallest absolute Gasteiger partial charge is 0.191 e. The second-order valence-electron chi connectivity index (χ2n) is 6.50. The largest absolute Gasteiger partial charge is 0.238 e. The lowest BCUT2D eigenvalue weighted by Gasteiger charge is -2.02. The average Bonchev–Trinajstić information content (AvgIpc) is 2.74. The first kappa shape index (κ1) is 27.7. The molecule has 3 aromatic carbocycles. The Balaban J connectivity index is 0.000000235. The van der Waals surface area contributed by atoms with Crippen LogP contribution in [-0.2, 0) is 9.22 Å². The van der Waals surface area contributed by atoms with Crippen LogP contribution >= 0.6 is 55.5 Å². The Labute approximate surface area is 211 Å². The van der Waals surface area contributed by atoms with E-state index < -0.39 is 0 Å². The summed E-state index contributed by atoms with van der Waals surface area (Å²) < 4.78 is 6.95. The maximum absolute atomic E-state index is 6.75. The summed E-state index contributed by atoms with van der Waals surface area (Å²) in [5.74, 6) is 0. The fourth-order valence-electron chi connectivity index (χ4n) is 2.14. The van der Waals surface area contributed by atoms with Crippen molar-refractivity contribution in [1.82, 2.24) is 0 Å². The first-order valence-corrected chi connectivity index (χ1v) is 11.9. The van der Waals surface area contributed by atoms with Gasteiger partial charge in [-0.25, -0.2) is 9.73 Å². The van der Waals surface area contributed by atoms with E-state index in [0.717, 1.165) is 19.4 Å². The Morgan fingerprint density at radius 3 is 1.90 bits per heavy atom. The van der Waals surface area contributed by atoms with Crippen LogP contribution in [0.15, 0.2) is 68.4 Å². The standard InChI is InChI=1S/C8H9BrO2S.C8H9Br.C8H6ClN/c1-6-3-4-7(9)5-8(6)12-11-10-2;1-6-3-4-8(9)5-7(6)2;1-6-3-4-7(9)5-8(6)10-2/h3-5H,1-2H3;3-5H,1-2H3;3-5H,1H3. The van der Waals surface area contributed by atoms with E-state index in [1.807, 2.05) is 38.1 Å². The molecular formula is C24H24Br2ClNO2S. The van der Waals surface area contributed by atoms with E-state index in [4.69, 9.17) is 22.5 Å². The highest BCUT2D eigenvalue weighted by Crippen LogP contribution is 2.26. The molecule has 0 saturated heterocycles. The van der Waals surface area contributed by atoms with Gasteiger partial charge in [0.05, 0.1) is 25.7 Å². The summed E-state index contributed by atoms with van der Waals surface area (Å²) in [4.78, 5) is 8.83. The topological polar surface area (TPSA) is 22.8 Å². The molecule has 31 heavy (non-hydrogen) atoms. The van der Waals surface area contributed by atoms with Crippen molar-refractivity contribution in [3.63, 3.8) is 0 Å². The predicted molar refractivity (Wildman–Crippen MR) is 139 cm³/mol. The molecular weight excluding hydrogens is 562 g/mol. The molecule has 0 aliphatic carbocycles. The molecule has 3 rings (SSSR count). The quantitative estimate of drug-likeness (QED) is 0.132. The summed E-state index contributed by atoms with van der Waals surface area (Å²) in [7, 11) is 1.49. The molecule has 0 heterocycles. The highest BCUT2D eigenvalue weighted by molar-refractivity contribution is 9.10. The van der Waals surface area contributed by atoms with Gasteiger partial charge in [-0.15, -0.1) is 0 Å². The van der Waals surface area contributed by atoms with Gasteiger partial charge in [0, 0.05) is 18.9 Å². The van der Waals surface area contributed by atoms with Crippen molar-refractivity contribution in [3.05, 3.63) is 102 Å². The number of benzene rings is 3. The molecule has 0 fully saturated rings. The minimum Gasteiger partial charge on any atom is -0.238 e. The van der Waals surface area contributed by atoms with Crippen LogP contribution in [0.25, 0.3) is 4.85 Å². The molecule has 0 atom stereocenters. The van der Waals surface area contributed by atoms with Gasteiger partial charge < -0.3 is 0 Å². The van der Waals surface area contributed by atoms with Gasteiger partial charge in [0.1, 0.15) is 0 Å². The van der Waals surface area contributed by atoms with Crippen LogP contribution in [0.3, 0.4) is 0 Å². The maximum Gasteiger partial charge on any atom is 0.191 e. The third kappa shape index (κ3) is 10.7. The van der Waals surface area contributed by atoms with Gasteiger partial charge in [0.15, 0.2) is 5.69 Å². The summed E-state index contributed by atoms with van der Waals surface area (Å²) in [6, 6.07) is 17.6. The SMILES string of the molecule is COOSc1cc(Br)ccc1C.Cc1ccc(Br)cc1C.[C-]#[N+]c1cc(Cl)ccc1C. The molecule has 0 amide bonds. The summed E-state index contributed by atoms with van der Waals surface area (Å²) in [5, 5.41) is 0.622. The van der Waals surface area contributed by atoms with Crippen molar-refractivity contribution in [2.24, 2.45) is 0 Å². The molecule has 7 heteroatoms. The van der Waals surface area contributed by atoms with E-state index in [2.05, 4.69) is 73.6 Å². The molecule has 0 saturated carbocycles. The van der Waals surface area contributed by atoms with Crippen LogP contribution in [0, 0.1) is 34.3 Å². The van der Waals surface area contributed by atoms with Gasteiger partial charge in [-0.2, -0.15) is 4.33 Å². The second kappa shape index (κ2) is 14.7. The van der Waals surface area contributed by atoms with Gasteiger partial charge in [0.25, 0.3) is 0 Å². The highest BCUT2D eigenvalue weighted by atomic mass is 79.9. The summed E-state index contributed by atoms with van der Waals surface area (Å²) in [6.45, 7) is 14.9. The Hall–Kier alpha value is -1.33. The van der Waals surface area contributed by atoms with Crippen LogP contribution < -0.4 is 0 Å². The zero-order valence-electron chi connectivity index (χ0n) is 18.0. The van der Waals surface area contributed by atoms with E-state index >= 15 is 0 Å². The molecule has 0 aliphatic heterocycles. The van der Waals surface area contributed by atoms with E-state index in [-0.39, 0.29) is 0 Å². The molecule has 3 nitrogen and oxygen atoms in total. The Morgan fingerprint density at radius 1 is 0.806 bits per heavy atom. The number of aryl methyl sites for hydroxylation is 4. The van der Waals surface area contributed by atoms with Gasteiger partial charge >= 0.3 is 0 Å². The third-order valence-corrected chi connectivity index (χ3v) is 6.15. The van der Waals surface area contributed by atoms with Gasteiger partial charge in [-0.05, 0) is 86.3 Å². The monoisotopic (exact) mass is 583 g/mol. The zero-order chi connectivity index (χ0) is 23.4. The zero-order valence-corrected chi connectivity index (χ0v) is 22.7. The molecule has 0 aliphatic rings. The lowest BCUT2D eigenvalue weighted by Crippen LogP contribution is -1.82. The Morgan fingerprint density at radius 2 is 1.39 bits per heavy atom. The van der Waals surface area contributed by atoms with Gasteiger partial charge in [0.2, 0.25) is 0 Å². The molecule has 0 bridgehead atoms. The Bertz CT molecular complexity index is 1040. The molecule has 164 valence electrons. The number of hydrogen-bond acceptors (Lipinski definition) is 3. The van der Waals surface area contributed by atoms with Crippen molar-refractivity contribution in [3.8, 4) is 0 Å². The van der Waals surface area contributed by atoms with Crippen molar-refractivity contribution in [2.45, 2.75) is 32.6 Å². The van der Waals surface area contributed by atoms with Crippen LogP contribution in [0.1, 0.15) is 22.3 Å². The number of rotatable bonds is 3. The predicted octanol–water partition coefficient (Wildman–Crippen LogP) is 9.61. The van der Waals surface area contributed by atoms with Crippen molar-refractivity contribution in [2.75, 3.05) is 7.11 Å². The van der Waals surface area contributed by atoms with E-state index in [9.17, 15) is 0 Å². The minimum absolute atomic E-state index is 0.622. The summed E-state index contributed by atoms with van der Waals surface area (Å²) in [6.07, 6.45) is 0. The Kier molecular flexibility index (Phi) is 13.1.